The molecule has 2 rings (SSSR count). The van der Waals surface area contributed by atoms with E-state index in [1.807, 2.05) is 32.0 Å². The third-order valence-corrected chi connectivity index (χ3v) is 3.09. The Bertz CT molecular complexity index is 617. The number of carbonyl (C=O) groups excluding carboxylic acids is 1. The second kappa shape index (κ2) is 5.14. The van der Waals surface area contributed by atoms with Gasteiger partial charge in [0.25, 0.3) is 5.91 Å². The summed E-state index contributed by atoms with van der Waals surface area (Å²) < 4.78 is 6.64. The minimum atomic E-state index is -0.223. The maximum Gasteiger partial charge on any atom is 0.262 e. The van der Waals surface area contributed by atoms with Gasteiger partial charge in [-0.15, -0.1) is 5.10 Å². The molecule has 0 saturated heterocycles. The number of aryl methyl sites for hydroxylation is 2. The zero-order valence-electron chi connectivity index (χ0n) is 11.5. The van der Waals surface area contributed by atoms with Gasteiger partial charge in [0.05, 0.1) is 7.11 Å². The van der Waals surface area contributed by atoms with E-state index in [4.69, 9.17) is 4.74 Å². The third kappa shape index (κ3) is 2.59. The minimum absolute atomic E-state index is 0.223. The van der Waals surface area contributed by atoms with E-state index in [9.17, 15) is 4.79 Å². The molecule has 5 heteroatoms. The lowest BCUT2D eigenvalue weighted by Gasteiger charge is -2.09. The van der Waals surface area contributed by atoms with Crippen LogP contribution in [0.15, 0.2) is 24.4 Å². The smallest absolute Gasteiger partial charge is 0.262 e. The first kappa shape index (κ1) is 13.1. The second-order valence-electron chi connectivity index (χ2n) is 4.43. The summed E-state index contributed by atoms with van der Waals surface area (Å²) >= 11 is 0. The van der Waals surface area contributed by atoms with Crippen LogP contribution in [0.25, 0.3) is 0 Å². The minimum Gasteiger partial charge on any atom is -0.479 e. The largest absolute Gasteiger partial charge is 0.479 e. The molecular formula is C14H17N3O2. The fourth-order valence-electron chi connectivity index (χ4n) is 1.85. The van der Waals surface area contributed by atoms with Crippen LogP contribution in [-0.4, -0.2) is 22.8 Å². The molecule has 1 N–H and O–H groups in total. The SMILES string of the molecule is COc1nn(C)cc1C(=O)Nc1cccc(C)c1C. The lowest BCUT2D eigenvalue weighted by atomic mass is 10.1. The molecule has 0 atom stereocenters. The average Bonchev–Trinajstić information content (AvgIpc) is 2.76. The summed E-state index contributed by atoms with van der Waals surface area (Å²) in [7, 11) is 3.24. The first-order valence-corrected chi connectivity index (χ1v) is 5.98. The van der Waals surface area contributed by atoms with Crippen molar-refractivity contribution in [3.8, 4) is 5.88 Å². The molecule has 100 valence electrons. The molecule has 0 radical (unpaired) electrons. The number of nitrogens with one attached hydrogen (secondary N) is 1. The summed E-state index contributed by atoms with van der Waals surface area (Å²) in [6.07, 6.45) is 1.64. The number of ether oxygens (including phenoxy) is 1. The van der Waals surface area contributed by atoms with E-state index in [1.54, 1.807) is 17.9 Å². The van der Waals surface area contributed by atoms with Crippen molar-refractivity contribution in [3.05, 3.63) is 41.1 Å². The molecule has 0 aliphatic heterocycles. The summed E-state index contributed by atoms with van der Waals surface area (Å²) in [4.78, 5) is 12.2. The quantitative estimate of drug-likeness (QED) is 0.920. The number of nitrogens with zero attached hydrogens (tertiary/aromatic N) is 2. The van der Waals surface area contributed by atoms with E-state index in [0.717, 1.165) is 16.8 Å². The maximum atomic E-state index is 12.2. The number of carbonyl (C=O) groups is 1. The van der Waals surface area contributed by atoms with Crippen LogP contribution in [0.1, 0.15) is 21.5 Å². The Morgan fingerprint density at radius 1 is 1.37 bits per heavy atom. The zero-order chi connectivity index (χ0) is 14.0. The summed E-state index contributed by atoms with van der Waals surface area (Å²) in [5.74, 6) is 0.101. The normalized spacial score (nSPS) is 10.3. The Hall–Kier alpha value is -2.30. The van der Waals surface area contributed by atoms with Crippen LogP contribution in [0.2, 0.25) is 0 Å². The fraction of sp³-hybridized carbons (Fsp3) is 0.286. The average molecular weight is 259 g/mol. The lowest BCUT2D eigenvalue weighted by molar-refractivity contribution is 0.102. The van der Waals surface area contributed by atoms with E-state index in [0.29, 0.717) is 11.4 Å². The molecule has 0 saturated carbocycles. The summed E-state index contributed by atoms with van der Waals surface area (Å²) in [5, 5.41) is 6.95. The van der Waals surface area contributed by atoms with Crippen molar-refractivity contribution in [1.29, 1.82) is 0 Å². The van der Waals surface area contributed by atoms with Crippen molar-refractivity contribution in [2.24, 2.45) is 7.05 Å². The Morgan fingerprint density at radius 3 is 2.79 bits per heavy atom. The molecule has 1 heterocycles. The Morgan fingerprint density at radius 2 is 2.11 bits per heavy atom. The first-order valence-electron chi connectivity index (χ1n) is 5.98. The molecule has 0 spiro atoms. The fourth-order valence-corrected chi connectivity index (χ4v) is 1.85. The van der Waals surface area contributed by atoms with Gasteiger partial charge in [0.1, 0.15) is 5.56 Å². The van der Waals surface area contributed by atoms with Crippen molar-refractivity contribution in [2.45, 2.75) is 13.8 Å². The van der Waals surface area contributed by atoms with Crippen molar-refractivity contribution in [3.63, 3.8) is 0 Å². The maximum absolute atomic E-state index is 12.2. The van der Waals surface area contributed by atoms with Crippen LogP contribution in [0.3, 0.4) is 0 Å². The van der Waals surface area contributed by atoms with Gasteiger partial charge >= 0.3 is 0 Å². The number of hydrogen-bond donors (Lipinski definition) is 1. The van der Waals surface area contributed by atoms with Crippen LogP contribution >= 0.6 is 0 Å². The van der Waals surface area contributed by atoms with Gasteiger partial charge < -0.3 is 10.1 Å². The Labute approximate surface area is 112 Å². The van der Waals surface area contributed by atoms with Crippen molar-refractivity contribution < 1.29 is 9.53 Å². The van der Waals surface area contributed by atoms with Gasteiger partial charge in [-0.3, -0.25) is 9.48 Å². The van der Waals surface area contributed by atoms with Crippen LogP contribution in [0.5, 0.6) is 5.88 Å². The topological polar surface area (TPSA) is 56.2 Å². The van der Waals surface area contributed by atoms with Gasteiger partial charge in [0.15, 0.2) is 0 Å². The van der Waals surface area contributed by atoms with E-state index < -0.39 is 0 Å². The molecule has 0 unspecified atom stereocenters. The summed E-state index contributed by atoms with van der Waals surface area (Å²) in [6, 6.07) is 5.80. The van der Waals surface area contributed by atoms with Crippen molar-refractivity contribution >= 4 is 11.6 Å². The Kier molecular flexibility index (Phi) is 3.55. The molecule has 0 aliphatic rings. The molecular weight excluding hydrogens is 242 g/mol. The summed E-state index contributed by atoms with van der Waals surface area (Å²) in [5.41, 5.74) is 3.41. The van der Waals surface area contributed by atoms with E-state index in [1.165, 1.54) is 7.11 Å². The summed E-state index contributed by atoms with van der Waals surface area (Å²) in [6.45, 7) is 3.99. The molecule has 1 aromatic carbocycles. The monoisotopic (exact) mass is 259 g/mol. The van der Waals surface area contributed by atoms with Gasteiger partial charge in [-0.2, -0.15) is 0 Å². The number of benzene rings is 1. The van der Waals surface area contributed by atoms with E-state index in [-0.39, 0.29) is 5.91 Å². The predicted octanol–water partition coefficient (Wildman–Crippen LogP) is 2.30. The highest BCUT2D eigenvalue weighted by atomic mass is 16.5. The van der Waals surface area contributed by atoms with Gasteiger partial charge in [0.2, 0.25) is 5.88 Å². The number of hydrogen-bond acceptors (Lipinski definition) is 3. The number of rotatable bonds is 3. The molecule has 5 nitrogen and oxygen atoms in total. The highest BCUT2D eigenvalue weighted by Gasteiger charge is 2.17. The van der Waals surface area contributed by atoms with Crippen LogP contribution in [-0.2, 0) is 7.05 Å². The number of amides is 1. The highest BCUT2D eigenvalue weighted by molar-refractivity contribution is 6.06. The number of anilines is 1. The van der Waals surface area contributed by atoms with Crippen LogP contribution < -0.4 is 10.1 Å². The zero-order valence-corrected chi connectivity index (χ0v) is 11.5. The van der Waals surface area contributed by atoms with Crippen LogP contribution in [0.4, 0.5) is 5.69 Å². The second-order valence-corrected chi connectivity index (χ2v) is 4.43. The first-order chi connectivity index (χ1) is 9.02. The Balaban J connectivity index is 2.28. The third-order valence-electron chi connectivity index (χ3n) is 3.09. The van der Waals surface area contributed by atoms with Gasteiger partial charge in [0, 0.05) is 18.9 Å². The molecule has 0 bridgehead atoms. The molecule has 19 heavy (non-hydrogen) atoms. The molecule has 2 aromatic rings. The van der Waals surface area contributed by atoms with Crippen molar-refractivity contribution in [2.75, 3.05) is 12.4 Å². The van der Waals surface area contributed by atoms with Crippen molar-refractivity contribution in [1.82, 2.24) is 9.78 Å². The molecule has 1 aromatic heterocycles. The lowest BCUT2D eigenvalue weighted by Crippen LogP contribution is -2.13. The van der Waals surface area contributed by atoms with E-state index >= 15 is 0 Å². The highest BCUT2D eigenvalue weighted by Crippen LogP contribution is 2.21. The predicted molar refractivity (Wildman–Crippen MR) is 73.6 cm³/mol. The van der Waals surface area contributed by atoms with Gasteiger partial charge in [-0.1, -0.05) is 12.1 Å². The molecule has 1 amide bonds. The van der Waals surface area contributed by atoms with Gasteiger partial charge in [-0.05, 0) is 31.0 Å². The number of methoxy groups -OCH3 is 1. The molecule has 0 fully saturated rings. The number of aromatic nitrogens is 2. The standard InChI is InChI=1S/C14H17N3O2/c1-9-6-5-7-12(10(9)2)15-13(18)11-8-17(3)16-14(11)19-4/h5-8H,1-4H3,(H,15,18). The van der Waals surface area contributed by atoms with Crippen LogP contribution in [0, 0.1) is 13.8 Å². The van der Waals surface area contributed by atoms with E-state index in [2.05, 4.69) is 10.4 Å². The van der Waals surface area contributed by atoms with Gasteiger partial charge in [-0.25, -0.2) is 0 Å². The molecule has 0 aliphatic carbocycles.